The van der Waals surface area contributed by atoms with Crippen LogP contribution in [0.1, 0.15) is 10.4 Å². The summed E-state index contributed by atoms with van der Waals surface area (Å²) in [5.41, 5.74) is 7.80. The summed E-state index contributed by atoms with van der Waals surface area (Å²) < 4.78 is 9.97. The van der Waals surface area contributed by atoms with Gasteiger partial charge in [0.1, 0.15) is 11.5 Å². The molecule has 0 atom stereocenters. The van der Waals surface area contributed by atoms with E-state index in [4.69, 9.17) is 20.3 Å². The largest absolute Gasteiger partial charge is 0.497 e. The highest BCUT2D eigenvalue weighted by molar-refractivity contribution is 5.95. The van der Waals surface area contributed by atoms with Crippen molar-refractivity contribution in [1.82, 2.24) is 0 Å². The van der Waals surface area contributed by atoms with Crippen LogP contribution in [0.15, 0.2) is 72.8 Å². The molecule has 0 radical (unpaired) electrons. The Bertz CT molecular complexity index is 862. The molecule has 0 bridgehead atoms. The molecule has 0 amide bonds. The second-order valence-corrected chi connectivity index (χ2v) is 5.48. The molecule has 0 aliphatic heterocycles. The van der Waals surface area contributed by atoms with Crippen LogP contribution in [0, 0.1) is 0 Å². The molecule has 140 valence electrons. The van der Waals surface area contributed by atoms with Crippen LogP contribution in [0.5, 0.6) is 11.5 Å². The second kappa shape index (κ2) is 9.72. The van der Waals surface area contributed by atoms with Crippen LogP contribution in [-0.2, 0) is 0 Å². The van der Waals surface area contributed by atoms with E-state index < -0.39 is 5.97 Å². The zero-order valence-electron chi connectivity index (χ0n) is 15.2. The molecule has 27 heavy (non-hydrogen) atoms. The average molecular weight is 366 g/mol. The van der Waals surface area contributed by atoms with E-state index in [1.807, 2.05) is 36.4 Å². The highest BCUT2D eigenvalue weighted by Gasteiger charge is 2.08. The maximum Gasteiger partial charge on any atom is 0.337 e. The van der Waals surface area contributed by atoms with Crippen LogP contribution in [0.3, 0.4) is 0 Å². The van der Waals surface area contributed by atoms with Gasteiger partial charge >= 0.3 is 5.97 Å². The van der Waals surface area contributed by atoms with Crippen molar-refractivity contribution in [3.8, 4) is 11.5 Å². The van der Waals surface area contributed by atoms with E-state index in [1.54, 1.807) is 50.6 Å². The van der Waals surface area contributed by atoms with Crippen molar-refractivity contribution >= 4 is 23.0 Å². The Hall–Kier alpha value is -3.67. The molecule has 0 saturated carbocycles. The number of anilines is 3. The van der Waals surface area contributed by atoms with Gasteiger partial charge < -0.3 is 25.6 Å². The topological polar surface area (TPSA) is 93.8 Å². The first-order valence-corrected chi connectivity index (χ1v) is 8.16. The number of nitrogens with one attached hydrogen (secondary N) is 1. The summed E-state index contributed by atoms with van der Waals surface area (Å²) in [5.74, 6) is 0.642. The lowest BCUT2D eigenvalue weighted by Crippen LogP contribution is -2.02. The zero-order chi connectivity index (χ0) is 19.6. The molecule has 6 heteroatoms. The first-order chi connectivity index (χ1) is 13.0. The number of methoxy groups -OCH3 is 2. The molecule has 4 N–H and O–H groups in total. The Kier molecular flexibility index (Phi) is 7.07. The summed E-state index contributed by atoms with van der Waals surface area (Å²) in [6.45, 7) is 0. The summed E-state index contributed by atoms with van der Waals surface area (Å²) in [6.07, 6.45) is 0. The number of benzene rings is 3. The Morgan fingerprint density at radius 2 is 1.37 bits per heavy atom. The Labute approximate surface area is 158 Å². The minimum Gasteiger partial charge on any atom is -0.497 e. The van der Waals surface area contributed by atoms with Crippen molar-refractivity contribution in [2.75, 3.05) is 25.3 Å². The third kappa shape index (κ3) is 5.97. The molecule has 0 spiro atoms. The standard InChI is InChI=1S/C14H13NO3.C7H9NO/c1-18-11-8-6-10(7-9-11)15-13-5-3-2-4-12(13)14(16)17;1-9-7-4-2-6(8)3-5-7/h2-9,15H,1H3,(H,16,17);2-5H,8H2,1H3. The van der Waals surface area contributed by atoms with Crippen LogP contribution >= 0.6 is 0 Å². The molecular weight excluding hydrogens is 344 g/mol. The number of nitrogens with two attached hydrogens (primary N) is 1. The highest BCUT2D eigenvalue weighted by Crippen LogP contribution is 2.22. The number of hydrogen-bond donors (Lipinski definition) is 3. The number of carboxylic acids is 1. The molecule has 3 aromatic carbocycles. The van der Waals surface area contributed by atoms with E-state index in [1.165, 1.54) is 0 Å². The normalized spacial score (nSPS) is 9.56. The maximum atomic E-state index is 11.1. The van der Waals surface area contributed by atoms with Gasteiger partial charge in [0.05, 0.1) is 25.5 Å². The number of para-hydroxylation sites is 1. The summed E-state index contributed by atoms with van der Waals surface area (Å²) in [6, 6.07) is 21.3. The summed E-state index contributed by atoms with van der Waals surface area (Å²) in [5, 5.41) is 12.1. The SMILES string of the molecule is COc1ccc(N)cc1.COc1ccc(Nc2ccccc2C(=O)O)cc1. The molecule has 3 rings (SSSR count). The van der Waals surface area contributed by atoms with E-state index in [0.29, 0.717) is 5.69 Å². The summed E-state index contributed by atoms with van der Waals surface area (Å²) in [4.78, 5) is 11.1. The van der Waals surface area contributed by atoms with Crippen molar-refractivity contribution in [1.29, 1.82) is 0 Å². The van der Waals surface area contributed by atoms with E-state index >= 15 is 0 Å². The van der Waals surface area contributed by atoms with Gasteiger partial charge in [-0.15, -0.1) is 0 Å². The van der Waals surface area contributed by atoms with Crippen LogP contribution in [0.4, 0.5) is 17.1 Å². The van der Waals surface area contributed by atoms with Crippen molar-refractivity contribution in [2.45, 2.75) is 0 Å². The number of hydrogen-bond acceptors (Lipinski definition) is 5. The smallest absolute Gasteiger partial charge is 0.337 e. The second-order valence-electron chi connectivity index (χ2n) is 5.48. The Balaban J connectivity index is 0.000000244. The first-order valence-electron chi connectivity index (χ1n) is 8.16. The number of aromatic carboxylic acids is 1. The molecule has 0 aliphatic rings. The van der Waals surface area contributed by atoms with Crippen molar-refractivity contribution in [2.24, 2.45) is 0 Å². The van der Waals surface area contributed by atoms with Gasteiger partial charge in [0.25, 0.3) is 0 Å². The lowest BCUT2D eigenvalue weighted by Gasteiger charge is -2.09. The molecule has 0 heterocycles. The van der Waals surface area contributed by atoms with E-state index in [9.17, 15) is 4.79 Å². The number of carboxylic acid groups (broad SMARTS) is 1. The Morgan fingerprint density at radius 1 is 0.852 bits per heavy atom. The van der Waals surface area contributed by atoms with Crippen molar-refractivity contribution in [3.05, 3.63) is 78.4 Å². The first kappa shape index (κ1) is 19.7. The number of ether oxygens (including phenoxy) is 2. The molecule has 0 aromatic heterocycles. The molecule has 0 aliphatic carbocycles. The maximum absolute atomic E-state index is 11.1. The van der Waals surface area contributed by atoms with Gasteiger partial charge in [-0.1, -0.05) is 12.1 Å². The number of rotatable bonds is 5. The average Bonchev–Trinajstić information content (AvgIpc) is 2.70. The van der Waals surface area contributed by atoms with Crippen molar-refractivity contribution < 1.29 is 19.4 Å². The molecule has 3 aromatic rings. The Morgan fingerprint density at radius 3 is 1.89 bits per heavy atom. The minimum absolute atomic E-state index is 0.244. The number of carbonyl (C=O) groups is 1. The number of nitrogen functional groups attached to an aromatic ring is 1. The monoisotopic (exact) mass is 366 g/mol. The van der Waals surface area contributed by atoms with Gasteiger partial charge in [0.2, 0.25) is 0 Å². The van der Waals surface area contributed by atoms with Gasteiger partial charge in [-0.05, 0) is 60.7 Å². The van der Waals surface area contributed by atoms with Gasteiger partial charge in [-0.2, -0.15) is 0 Å². The fraction of sp³-hybridized carbons (Fsp3) is 0.0952. The molecule has 0 fully saturated rings. The third-order valence-corrected chi connectivity index (χ3v) is 3.64. The van der Waals surface area contributed by atoms with Crippen LogP contribution < -0.4 is 20.5 Å². The third-order valence-electron chi connectivity index (χ3n) is 3.64. The van der Waals surface area contributed by atoms with Crippen molar-refractivity contribution in [3.63, 3.8) is 0 Å². The van der Waals surface area contributed by atoms with E-state index in [0.717, 1.165) is 22.9 Å². The predicted molar refractivity (Wildman–Crippen MR) is 107 cm³/mol. The minimum atomic E-state index is -0.952. The predicted octanol–water partition coefficient (Wildman–Crippen LogP) is 4.41. The molecule has 0 unspecified atom stereocenters. The molecule has 0 saturated heterocycles. The zero-order valence-corrected chi connectivity index (χ0v) is 15.2. The van der Waals surface area contributed by atoms with E-state index in [-0.39, 0.29) is 5.56 Å². The van der Waals surface area contributed by atoms with Gasteiger partial charge in [0, 0.05) is 11.4 Å². The van der Waals surface area contributed by atoms with Gasteiger partial charge in [-0.3, -0.25) is 0 Å². The fourth-order valence-electron chi connectivity index (χ4n) is 2.21. The summed E-state index contributed by atoms with van der Waals surface area (Å²) in [7, 11) is 3.23. The molecular formula is C21H22N2O4. The summed E-state index contributed by atoms with van der Waals surface area (Å²) >= 11 is 0. The van der Waals surface area contributed by atoms with Crippen LogP contribution in [0.2, 0.25) is 0 Å². The van der Waals surface area contributed by atoms with Gasteiger partial charge in [-0.25, -0.2) is 4.79 Å². The highest BCUT2D eigenvalue weighted by atomic mass is 16.5. The van der Waals surface area contributed by atoms with Gasteiger partial charge in [0.15, 0.2) is 0 Å². The van der Waals surface area contributed by atoms with Crippen LogP contribution in [0.25, 0.3) is 0 Å². The molecule has 6 nitrogen and oxygen atoms in total. The van der Waals surface area contributed by atoms with Crippen LogP contribution in [-0.4, -0.2) is 25.3 Å². The lowest BCUT2D eigenvalue weighted by molar-refractivity contribution is 0.0698. The fourth-order valence-corrected chi connectivity index (χ4v) is 2.21. The van der Waals surface area contributed by atoms with E-state index in [2.05, 4.69) is 5.32 Å². The quantitative estimate of drug-likeness (QED) is 0.579. The lowest BCUT2D eigenvalue weighted by atomic mass is 10.1.